The number of hydrogen-bond donors (Lipinski definition) is 2. The zero-order chi connectivity index (χ0) is 13.9. The molecule has 1 aliphatic rings. The van der Waals surface area contributed by atoms with E-state index in [2.05, 4.69) is 16.7 Å². The topological polar surface area (TPSA) is 50.4 Å². The van der Waals surface area contributed by atoms with Crippen molar-refractivity contribution < 1.29 is 9.53 Å². The van der Waals surface area contributed by atoms with Gasteiger partial charge in [-0.1, -0.05) is 12.1 Å². The largest absolute Gasteiger partial charge is 0.384 e. The predicted octanol–water partition coefficient (Wildman–Crippen LogP) is 2.20. The van der Waals surface area contributed by atoms with Gasteiger partial charge < -0.3 is 15.4 Å². The highest BCUT2D eigenvalue weighted by Crippen LogP contribution is 2.26. The van der Waals surface area contributed by atoms with Gasteiger partial charge in [0.15, 0.2) is 0 Å². The van der Waals surface area contributed by atoms with Gasteiger partial charge in [-0.25, -0.2) is 0 Å². The van der Waals surface area contributed by atoms with Crippen LogP contribution in [-0.4, -0.2) is 31.7 Å². The third kappa shape index (κ3) is 3.26. The standard InChI is InChI=1S/C15H22N2O2/c1-15(2,19-3)10-17-14(18)12-8-4-6-11-7-5-9-16-13(11)12/h4,6,8,16H,5,7,9-10H2,1-3H3,(H,17,18). The fraction of sp³-hybridized carbons (Fsp3) is 0.533. The van der Waals surface area contributed by atoms with Crippen LogP contribution >= 0.6 is 0 Å². The molecule has 1 aliphatic heterocycles. The van der Waals surface area contributed by atoms with Crippen molar-refractivity contribution in [2.75, 3.05) is 25.5 Å². The van der Waals surface area contributed by atoms with Crippen molar-refractivity contribution in [1.29, 1.82) is 0 Å². The fourth-order valence-corrected chi connectivity index (χ4v) is 2.16. The summed E-state index contributed by atoms with van der Waals surface area (Å²) in [5.74, 6) is -0.0450. The van der Waals surface area contributed by atoms with Gasteiger partial charge in [-0.15, -0.1) is 0 Å². The normalized spacial score (nSPS) is 14.5. The molecular formula is C15H22N2O2. The first kappa shape index (κ1) is 13.9. The van der Waals surface area contributed by atoms with Crippen LogP contribution in [0, 0.1) is 0 Å². The molecule has 0 aliphatic carbocycles. The van der Waals surface area contributed by atoms with E-state index < -0.39 is 0 Å². The third-order valence-corrected chi connectivity index (χ3v) is 3.55. The molecule has 4 nitrogen and oxygen atoms in total. The molecule has 1 aromatic carbocycles. The highest BCUT2D eigenvalue weighted by atomic mass is 16.5. The second kappa shape index (κ2) is 5.61. The van der Waals surface area contributed by atoms with Gasteiger partial charge in [-0.05, 0) is 38.3 Å². The van der Waals surface area contributed by atoms with Crippen molar-refractivity contribution in [2.45, 2.75) is 32.3 Å². The zero-order valence-electron chi connectivity index (χ0n) is 11.9. The molecule has 104 valence electrons. The smallest absolute Gasteiger partial charge is 0.253 e. The Labute approximate surface area is 114 Å². The summed E-state index contributed by atoms with van der Waals surface area (Å²) in [5.41, 5.74) is 2.59. The van der Waals surface area contributed by atoms with E-state index in [1.807, 2.05) is 26.0 Å². The number of rotatable bonds is 4. The van der Waals surface area contributed by atoms with E-state index in [0.29, 0.717) is 6.54 Å². The molecule has 0 bridgehead atoms. The summed E-state index contributed by atoms with van der Waals surface area (Å²) in [6.07, 6.45) is 2.15. The van der Waals surface area contributed by atoms with Crippen LogP contribution in [0.3, 0.4) is 0 Å². The van der Waals surface area contributed by atoms with Crippen LogP contribution in [0.1, 0.15) is 36.2 Å². The summed E-state index contributed by atoms with van der Waals surface area (Å²) in [4.78, 5) is 12.3. The second-order valence-corrected chi connectivity index (χ2v) is 5.52. The number of methoxy groups -OCH3 is 1. The second-order valence-electron chi connectivity index (χ2n) is 5.52. The van der Waals surface area contributed by atoms with Crippen LogP contribution in [0.15, 0.2) is 18.2 Å². The Bertz CT molecular complexity index is 469. The number of nitrogens with one attached hydrogen (secondary N) is 2. The summed E-state index contributed by atoms with van der Waals surface area (Å²) in [6.45, 7) is 5.32. The Hall–Kier alpha value is -1.55. The monoisotopic (exact) mass is 262 g/mol. The van der Waals surface area contributed by atoms with Gasteiger partial charge >= 0.3 is 0 Å². The summed E-state index contributed by atoms with van der Waals surface area (Å²) in [6, 6.07) is 5.89. The van der Waals surface area contributed by atoms with E-state index in [9.17, 15) is 4.79 Å². The van der Waals surface area contributed by atoms with Crippen molar-refractivity contribution in [3.05, 3.63) is 29.3 Å². The first-order chi connectivity index (χ1) is 9.03. The number of aryl methyl sites for hydroxylation is 1. The molecule has 0 radical (unpaired) electrons. The lowest BCUT2D eigenvalue weighted by molar-refractivity contribution is 0.0229. The number of ether oxygens (including phenoxy) is 1. The average Bonchev–Trinajstić information content (AvgIpc) is 2.44. The first-order valence-electron chi connectivity index (χ1n) is 6.72. The Kier molecular flexibility index (Phi) is 4.10. The summed E-state index contributed by atoms with van der Waals surface area (Å²) in [7, 11) is 1.65. The summed E-state index contributed by atoms with van der Waals surface area (Å²) >= 11 is 0. The van der Waals surface area contributed by atoms with E-state index >= 15 is 0 Å². The van der Waals surface area contributed by atoms with Crippen LogP contribution < -0.4 is 10.6 Å². The van der Waals surface area contributed by atoms with Crippen molar-refractivity contribution >= 4 is 11.6 Å². The Morgan fingerprint density at radius 1 is 1.47 bits per heavy atom. The number of amides is 1. The quantitative estimate of drug-likeness (QED) is 0.874. The lowest BCUT2D eigenvalue weighted by Crippen LogP contribution is -2.40. The molecule has 0 aromatic heterocycles. The van der Waals surface area contributed by atoms with Gasteiger partial charge in [0.25, 0.3) is 5.91 Å². The number of carbonyl (C=O) groups is 1. The van der Waals surface area contributed by atoms with E-state index in [4.69, 9.17) is 4.74 Å². The van der Waals surface area contributed by atoms with Crippen LogP contribution in [0.4, 0.5) is 5.69 Å². The van der Waals surface area contributed by atoms with Gasteiger partial charge in [0.2, 0.25) is 0 Å². The molecule has 2 rings (SSSR count). The minimum Gasteiger partial charge on any atom is -0.384 e. The number of fused-ring (bicyclic) bond motifs is 1. The summed E-state index contributed by atoms with van der Waals surface area (Å²) in [5, 5.41) is 6.27. The van der Waals surface area contributed by atoms with Crippen molar-refractivity contribution in [3.63, 3.8) is 0 Å². The number of benzene rings is 1. The lowest BCUT2D eigenvalue weighted by Gasteiger charge is -2.24. The number of hydrogen-bond acceptors (Lipinski definition) is 3. The van der Waals surface area contributed by atoms with E-state index in [0.717, 1.165) is 30.6 Å². The van der Waals surface area contributed by atoms with E-state index in [1.54, 1.807) is 7.11 Å². The maximum Gasteiger partial charge on any atom is 0.253 e. The molecule has 1 aromatic rings. The minimum atomic E-state index is -0.349. The van der Waals surface area contributed by atoms with Crippen molar-refractivity contribution in [1.82, 2.24) is 5.32 Å². The highest BCUT2D eigenvalue weighted by Gasteiger charge is 2.21. The number of carbonyl (C=O) groups excluding carboxylic acids is 1. The first-order valence-corrected chi connectivity index (χ1v) is 6.72. The van der Waals surface area contributed by atoms with Crippen molar-refractivity contribution in [2.24, 2.45) is 0 Å². The average molecular weight is 262 g/mol. The maximum absolute atomic E-state index is 12.3. The van der Waals surface area contributed by atoms with E-state index in [-0.39, 0.29) is 11.5 Å². The van der Waals surface area contributed by atoms with Crippen LogP contribution in [-0.2, 0) is 11.2 Å². The van der Waals surface area contributed by atoms with E-state index in [1.165, 1.54) is 5.56 Å². The van der Waals surface area contributed by atoms with Gasteiger partial charge in [0.1, 0.15) is 0 Å². The molecule has 0 atom stereocenters. The van der Waals surface area contributed by atoms with Gasteiger partial charge in [-0.2, -0.15) is 0 Å². The molecule has 1 amide bonds. The third-order valence-electron chi connectivity index (χ3n) is 3.55. The van der Waals surface area contributed by atoms with Gasteiger partial charge in [0, 0.05) is 20.2 Å². The molecule has 0 spiro atoms. The molecule has 19 heavy (non-hydrogen) atoms. The van der Waals surface area contributed by atoms with Crippen LogP contribution in [0.5, 0.6) is 0 Å². The summed E-state index contributed by atoms with van der Waals surface area (Å²) < 4.78 is 5.31. The fourth-order valence-electron chi connectivity index (χ4n) is 2.16. The van der Waals surface area contributed by atoms with Crippen molar-refractivity contribution in [3.8, 4) is 0 Å². The molecule has 4 heteroatoms. The highest BCUT2D eigenvalue weighted by molar-refractivity contribution is 6.00. The molecule has 0 fully saturated rings. The maximum atomic E-state index is 12.3. The molecule has 2 N–H and O–H groups in total. The molecule has 1 heterocycles. The van der Waals surface area contributed by atoms with Crippen LogP contribution in [0.2, 0.25) is 0 Å². The number of anilines is 1. The zero-order valence-corrected chi connectivity index (χ0v) is 11.9. The Morgan fingerprint density at radius 3 is 3.00 bits per heavy atom. The van der Waals surface area contributed by atoms with Crippen LogP contribution in [0.25, 0.3) is 0 Å². The SMILES string of the molecule is COC(C)(C)CNC(=O)c1cccc2c1NCCC2. The number of para-hydroxylation sites is 1. The molecular weight excluding hydrogens is 240 g/mol. The predicted molar refractivity (Wildman–Crippen MR) is 76.7 cm³/mol. The van der Waals surface area contributed by atoms with Gasteiger partial charge in [0.05, 0.1) is 16.9 Å². The van der Waals surface area contributed by atoms with Gasteiger partial charge in [-0.3, -0.25) is 4.79 Å². The Morgan fingerprint density at radius 2 is 2.26 bits per heavy atom. The minimum absolute atomic E-state index is 0.0450. The Balaban J connectivity index is 2.11. The lowest BCUT2D eigenvalue weighted by atomic mass is 9.99. The molecule has 0 saturated heterocycles. The molecule has 0 saturated carbocycles. The molecule has 0 unspecified atom stereocenters.